The summed E-state index contributed by atoms with van der Waals surface area (Å²) in [6.07, 6.45) is 8.55. The second-order valence-electron chi connectivity index (χ2n) is 3.97. The van der Waals surface area contributed by atoms with Crippen LogP contribution in [-0.2, 0) is 0 Å². The van der Waals surface area contributed by atoms with Crippen molar-refractivity contribution in [3.05, 3.63) is 16.9 Å². The lowest BCUT2D eigenvalue weighted by atomic mass is 9.83. The minimum atomic E-state index is 0.595. The van der Waals surface area contributed by atoms with Crippen LogP contribution in [-0.4, -0.2) is 11.6 Å². The third-order valence-electron chi connectivity index (χ3n) is 2.88. The van der Waals surface area contributed by atoms with Gasteiger partial charge in [-0.05, 0) is 28.3 Å². The molecule has 0 spiro atoms. The number of hydrogen-bond donors (Lipinski definition) is 1. The molecule has 0 amide bonds. The minimum absolute atomic E-state index is 0.595. The molecule has 0 atom stereocenters. The van der Waals surface area contributed by atoms with Crippen molar-refractivity contribution >= 4 is 21.6 Å². The Hall–Kier alpha value is -0.770. The van der Waals surface area contributed by atoms with Gasteiger partial charge in [-0.15, -0.1) is 0 Å². The van der Waals surface area contributed by atoms with E-state index in [0.29, 0.717) is 5.69 Å². The molecule has 1 saturated carbocycles. The third-order valence-corrected chi connectivity index (χ3v) is 3.44. The van der Waals surface area contributed by atoms with Crippen LogP contribution < -0.4 is 10.5 Å². The molecule has 1 aliphatic rings. The standard InChI is InChI=1S/C11H15BrN2O/c12-9-6-14-7-10(13)11(9)15-5-4-8-2-1-3-8/h6-8H,1-5,13H2. The van der Waals surface area contributed by atoms with Crippen LogP contribution in [0.2, 0.25) is 0 Å². The van der Waals surface area contributed by atoms with Crippen LogP contribution in [0.5, 0.6) is 5.75 Å². The third kappa shape index (κ3) is 2.62. The Morgan fingerprint density at radius 2 is 2.27 bits per heavy atom. The number of anilines is 1. The van der Waals surface area contributed by atoms with Gasteiger partial charge in [0.15, 0.2) is 5.75 Å². The van der Waals surface area contributed by atoms with Gasteiger partial charge < -0.3 is 10.5 Å². The first-order valence-electron chi connectivity index (χ1n) is 5.29. The summed E-state index contributed by atoms with van der Waals surface area (Å²) in [7, 11) is 0. The molecule has 2 rings (SSSR count). The number of aromatic nitrogens is 1. The van der Waals surface area contributed by atoms with Crippen LogP contribution in [0.15, 0.2) is 16.9 Å². The molecule has 1 fully saturated rings. The average Bonchev–Trinajstić information content (AvgIpc) is 2.13. The molecule has 0 bridgehead atoms. The zero-order valence-electron chi connectivity index (χ0n) is 8.58. The molecule has 3 nitrogen and oxygen atoms in total. The zero-order valence-corrected chi connectivity index (χ0v) is 10.2. The summed E-state index contributed by atoms with van der Waals surface area (Å²) >= 11 is 3.38. The average molecular weight is 271 g/mol. The van der Waals surface area contributed by atoms with Gasteiger partial charge in [-0.25, -0.2) is 0 Å². The van der Waals surface area contributed by atoms with Gasteiger partial charge in [-0.3, -0.25) is 4.98 Å². The molecule has 2 N–H and O–H groups in total. The molecule has 4 heteroatoms. The van der Waals surface area contributed by atoms with Crippen LogP contribution >= 0.6 is 15.9 Å². The Labute approximate surface area is 98.2 Å². The lowest BCUT2D eigenvalue weighted by Gasteiger charge is -2.25. The smallest absolute Gasteiger partial charge is 0.159 e. The topological polar surface area (TPSA) is 48.1 Å². The quantitative estimate of drug-likeness (QED) is 0.915. The molecule has 0 radical (unpaired) electrons. The van der Waals surface area contributed by atoms with Crippen LogP contribution in [0.1, 0.15) is 25.7 Å². The second kappa shape index (κ2) is 4.84. The van der Waals surface area contributed by atoms with Crippen LogP contribution in [0, 0.1) is 5.92 Å². The molecule has 0 saturated heterocycles. The molecule has 0 aliphatic heterocycles. The number of nitrogen functional groups attached to an aromatic ring is 1. The highest BCUT2D eigenvalue weighted by Gasteiger charge is 2.17. The fourth-order valence-electron chi connectivity index (χ4n) is 1.70. The molecular weight excluding hydrogens is 256 g/mol. The van der Waals surface area contributed by atoms with Gasteiger partial charge in [0.2, 0.25) is 0 Å². The fourth-order valence-corrected chi connectivity index (χ4v) is 2.16. The number of rotatable bonds is 4. The number of hydrogen-bond acceptors (Lipinski definition) is 3. The first-order chi connectivity index (χ1) is 7.27. The SMILES string of the molecule is Nc1cncc(Br)c1OCCC1CCC1. The van der Waals surface area contributed by atoms with E-state index in [2.05, 4.69) is 20.9 Å². The van der Waals surface area contributed by atoms with Crippen LogP contribution in [0.3, 0.4) is 0 Å². The number of nitrogens with zero attached hydrogens (tertiary/aromatic N) is 1. The normalized spacial score (nSPS) is 16.1. The van der Waals surface area contributed by atoms with Crippen molar-refractivity contribution in [2.45, 2.75) is 25.7 Å². The van der Waals surface area contributed by atoms with Gasteiger partial charge in [-0.1, -0.05) is 19.3 Å². The summed E-state index contributed by atoms with van der Waals surface area (Å²) < 4.78 is 6.49. The lowest BCUT2D eigenvalue weighted by molar-refractivity contribution is 0.222. The predicted octanol–water partition coefficient (Wildman–Crippen LogP) is 3.00. The molecular formula is C11H15BrN2O. The van der Waals surface area contributed by atoms with E-state index in [9.17, 15) is 0 Å². The molecule has 0 unspecified atom stereocenters. The molecule has 1 aromatic rings. The van der Waals surface area contributed by atoms with E-state index in [1.165, 1.54) is 19.3 Å². The van der Waals surface area contributed by atoms with E-state index in [1.54, 1.807) is 12.4 Å². The number of nitrogens with two attached hydrogens (primary N) is 1. The van der Waals surface area contributed by atoms with E-state index < -0.39 is 0 Å². The minimum Gasteiger partial charge on any atom is -0.490 e. The van der Waals surface area contributed by atoms with Crippen molar-refractivity contribution in [2.24, 2.45) is 5.92 Å². The van der Waals surface area contributed by atoms with E-state index >= 15 is 0 Å². The molecule has 1 heterocycles. The monoisotopic (exact) mass is 270 g/mol. The van der Waals surface area contributed by atoms with Gasteiger partial charge in [0.05, 0.1) is 23.0 Å². The summed E-state index contributed by atoms with van der Waals surface area (Å²) in [5, 5.41) is 0. The Kier molecular flexibility index (Phi) is 3.46. The summed E-state index contributed by atoms with van der Waals surface area (Å²) in [5.74, 6) is 1.59. The van der Waals surface area contributed by atoms with E-state index in [-0.39, 0.29) is 0 Å². The maximum atomic E-state index is 5.77. The predicted molar refractivity (Wildman–Crippen MR) is 63.8 cm³/mol. The maximum Gasteiger partial charge on any atom is 0.159 e. The molecule has 1 aromatic heterocycles. The van der Waals surface area contributed by atoms with Gasteiger partial charge in [-0.2, -0.15) is 0 Å². The Balaban J connectivity index is 1.86. The zero-order chi connectivity index (χ0) is 10.7. The number of pyridine rings is 1. The molecule has 0 aromatic carbocycles. The summed E-state index contributed by atoms with van der Waals surface area (Å²) in [5.41, 5.74) is 6.36. The maximum absolute atomic E-state index is 5.77. The van der Waals surface area contributed by atoms with Crippen molar-refractivity contribution in [1.82, 2.24) is 4.98 Å². The largest absolute Gasteiger partial charge is 0.490 e. The second-order valence-corrected chi connectivity index (χ2v) is 4.83. The van der Waals surface area contributed by atoms with Gasteiger partial charge in [0.1, 0.15) is 0 Å². The van der Waals surface area contributed by atoms with Crippen molar-refractivity contribution in [2.75, 3.05) is 12.3 Å². The summed E-state index contributed by atoms with van der Waals surface area (Å²) in [6, 6.07) is 0. The van der Waals surface area contributed by atoms with E-state index in [0.717, 1.165) is 29.2 Å². The Bertz CT molecular complexity index is 319. The fraction of sp³-hybridized carbons (Fsp3) is 0.545. The Morgan fingerprint density at radius 3 is 2.87 bits per heavy atom. The van der Waals surface area contributed by atoms with Crippen LogP contribution in [0.4, 0.5) is 5.69 Å². The van der Waals surface area contributed by atoms with Gasteiger partial charge in [0, 0.05) is 6.20 Å². The highest BCUT2D eigenvalue weighted by Crippen LogP contribution is 2.32. The molecule has 82 valence electrons. The molecule has 1 aliphatic carbocycles. The highest BCUT2D eigenvalue weighted by atomic mass is 79.9. The van der Waals surface area contributed by atoms with Gasteiger partial charge in [0.25, 0.3) is 0 Å². The summed E-state index contributed by atoms with van der Waals surface area (Å²) in [6.45, 7) is 0.747. The van der Waals surface area contributed by atoms with E-state index in [4.69, 9.17) is 10.5 Å². The molecule has 15 heavy (non-hydrogen) atoms. The van der Waals surface area contributed by atoms with Crippen molar-refractivity contribution in [3.63, 3.8) is 0 Å². The van der Waals surface area contributed by atoms with Crippen molar-refractivity contribution in [1.29, 1.82) is 0 Å². The number of ether oxygens (including phenoxy) is 1. The number of halogens is 1. The van der Waals surface area contributed by atoms with Crippen molar-refractivity contribution in [3.8, 4) is 5.75 Å². The first-order valence-corrected chi connectivity index (χ1v) is 6.08. The lowest BCUT2D eigenvalue weighted by Crippen LogP contribution is -2.14. The highest BCUT2D eigenvalue weighted by molar-refractivity contribution is 9.10. The van der Waals surface area contributed by atoms with E-state index in [1.807, 2.05) is 0 Å². The van der Waals surface area contributed by atoms with Crippen LogP contribution in [0.25, 0.3) is 0 Å². The first kappa shape index (κ1) is 10.7. The summed E-state index contributed by atoms with van der Waals surface area (Å²) in [4.78, 5) is 3.96. The van der Waals surface area contributed by atoms with Gasteiger partial charge >= 0.3 is 0 Å². The van der Waals surface area contributed by atoms with Crippen molar-refractivity contribution < 1.29 is 4.74 Å². The Morgan fingerprint density at radius 1 is 1.47 bits per heavy atom.